The van der Waals surface area contributed by atoms with E-state index in [0.29, 0.717) is 12.5 Å². The lowest BCUT2D eigenvalue weighted by Crippen LogP contribution is -2.33. The van der Waals surface area contributed by atoms with Gasteiger partial charge in [-0.1, -0.05) is 18.2 Å². The summed E-state index contributed by atoms with van der Waals surface area (Å²) in [6.07, 6.45) is 6.74. The summed E-state index contributed by atoms with van der Waals surface area (Å²) in [5, 5.41) is 8.93. The van der Waals surface area contributed by atoms with Gasteiger partial charge >= 0.3 is 0 Å². The first kappa shape index (κ1) is 16.7. The maximum Gasteiger partial charge on any atom is 0.121 e. The first-order valence-corrected chi connectivity index (χ1v) is 9.33. The molecule has 0 spiro atoms. The topological polar surface area (TPSA) is 68.6 Å². The van der Waals surface area contributed by atoms with Gasteiger partial charge in [0.05, 0.1) is 35.4 Å². The summed E-state index contributed by atoms with van der Waals surface area (Å²) in [5.74, 6) is 0.978. The number of benzene rings is 1. The zero-order valence-electron chi connectivity index (χ0n) is 14.9. The van der Waals surface area contributed by atoms with Crippen molar-refractivity contribution in [2.75, 3.05) is 6.54 Å². The van der Waals surface area contributed by atoms with Crippen molar-refractivity contribution in [1.82, 2.24) is 19.9 Å². The van der Waals surface area contributed by atoms with Crippen LogP contribution < -0.4 is 0 Å². The summed E-state index contributed by atoms with van der Waals surface area (Å²) in [6.45, 7) is 1.63. The fourth-order valence-electron chi connectivity index (χ4n) is 3.92. The monoisotopic (exact) mass is 345 g/mol. The molecule has 1 aliphatic rings. The number of unbranched alkanes of at least 4 members (excludes halogenated alkanes) is 1. The SMILES string of the molecule is N#CCCCN(Cc1nc2ccccc2[nH]1)C1CCCc2cccnc21. The highest BCUT2D eigenvalue weighted by atomic mass is 15.2. The molecule has 1 N–H and O–H groups in total. The highest BCUT2D eigenvalue weighted by Crippen LogP contribution is 2.33. The number of aromatic amines is 1. The van der Waals surface area contributed by atoms with Crippen LogP contribution in [-0.2, 0) is 13.0 Å². The smallest absolute Gasteiger partial charge is 0.121 e. The Balaban J connectivity index is 1.61. The predicted octanol–water partition coefficient (Wildman–Crippen LogP) is 4.14. The number of rotatable bonds is 6. The number of nitrogens with zero attached hydrogens (tertiary/aromatic N) is 4. The number of para-hydroxylation sites is 2. The molecule has 0 fully saturated rings. The molecule has 2 aromatic heterocycles. The first-order valence-electron chi connectivity index (χ1n) is 9.33. The van der Waals surface area contributed by atoms with Gasteiger partial charge in [0.15, 0.2) is 0 Å². The molecule has 5 nitrogen and oxygen atoms in total. The second-order valence-corrected chi connectivity index (χ2v) is 6.89. The number of nitriles is 1. The van der Waals surface area contributed by atoms with Gasteiger partial charge in [-0.15, -0.1) is 0 Å². The van der Waals surface area contributed by atoms with E-state index >= 15 is 0 Å². The van der Waals surface area contributed by atoms with E-state index < -0.39 is 0 Å². The molecule has 5 heteroatoms. The van der Waals surface area contributed by atoms with Crippen molar-refractivity contribution in [3.8, 4) is 6.07 Å². The molecule has 2 heterocycles. The maximum atomic E-state index is 8.93. The molecule has 1 atom stereocenters. The number of imidazole rings is 1. The van der Waals surface area contributed by atoms with Gasteiger partial charge in [-0.05, 0) is 49.4 Å². The van der Waals surface area contributed by atoms with Gasteiger partial charge in [0.2, 0.25) is 0 Å². The van der Waals surface area contributed by atoms with Gasteiger partial charge in [0, 0.05) is 19.2 Å². The van der Waals surface area contributed by atoms with Crippen LogP contribution in [0.25, 0.3) is 11.0 Å². The number of hydrogen-bond acceptors (Lipinski definition) is 4. The van der Waals surface area contributed by atoms with E-state index in [1.807, 2.05) is 30.5 Å². The second kappa shape index (κ2) is 7.67. The minimum Gasteiger partial charge on any atom is -0.341 e. The van der Waals surface area contributed by atoms with Crippen molar-refractivity contribution < 1.29 is 0 Å². The highest BCUT2D eigenvalue weighted by Gasteiger charge is 2.27. The molecular formula is C21H23N5. The Morgan fingerprint density at radius 1 is 1.23 bits per heavy atom. The van der Waals surface area contributed by atoms with Crippen molar-refractivity contribution in [1.29, 1.82) is 5.26 Å². The van der Waals surface area contributed by atoms with E-state index in [4.69, 9.17) is 15.2 Å². The van der Waals surface area contributed by atoms with Crippen LogP contribution in [-0.4, -0.2) is 26.4 Å². The Bertz CT molecular complexity index is 890. The van der Waals surface area contributed by atoms with Gasteiger partial charge in [0.1, 0.15) is 5.82 Å². The van der Waals surface area contributed by atoms with Crippen molar-refractivity contribution in [3.05, 3.63) is 59.7 Å². The minimum absolute atomic E-state index is 0.298. The van der Waals surface area contributed by atoms with Gasteiger partial charge < -0.3 is 4.98 Å². The lowest BCUT2D eigenvalue weighted by atomic mass is 9.90. The molecule has 0 bridgehead atoms. The van der Waals surface area contributed by atoms with Crippen molar-refractivity contribution >= 4 is 11.0 Å². The Kier molecular flexibility index (Phi) is 4.94. The van der Waals surface area contributed by atoms with Gasteiger partial charge in [-0.25, -0.2) is 4.98 Å². The summed E-state index contributed by atoms with van der Waals surface area (Å²) >= 11 is 0. The van der Waals surface area contributed by atoms with E-state index in [1.54, 1.807) is 0 Å². The van der Waals surface area contributed by atoms with E-state index in [1.165, 1.54) is 17.7 Å². The zero-order valence-corrected chi connectivity index (χ0v) is 14.9. The molecule has 1 aliphatic carbocycles. The third kappa shape index (κ3) is 3.47. The average Bonchev–Trinajstić information content (AvgIpc) is 3.09. The summed E-state index contributed by atoms with van der Waals surface area (Å²) in [6, 6.07) is 14.9. The lowest BCUT2D eigenvalue weighted by molar-refractivity contribution is 0.161. The summed E-state index contributed by atoms with van der Waals surface area (Å²) in [5.41, 5.74) is 4.63. The Hall–Kier alpha value is -2.71. The van der Waals surface area contributed by atoms with Gasteiger partial charge in [-0.2, -0.15) is 5.26 Å². The lowest BCUT2D eigenvalue weighted by Gasteiger charge is -2.34. The molecule has 1 aromatic carbocycles. The fourth-order valence-corrected chi connectivity index (χ4v) is 3.92. The zero-order chi connectivity index (χ0) is 17.8. The van der Waals surface area contributed by atoms with Crippen molar-refractivity contribution in [2.45, 2.75) is 44.7 Å². The quantitative estimate of drug-likeness (QED) is 0.682. The normalized spacial score (nSPS) is 16.5. The van der Waals surface area contributed by atoms with Gasteiger partial charge in [0.25, 0.3) is 0 Å². The number of pyridine rings is 1. The van der Waals surface area contributed by atoms with Crippen molar-refractivity contribution in [3.63, 3.8) is 0 Å². The maximum absolute atomic E-state index is 8.93. The number of H-pyrrole nitrogens is 1. The Morgan fingerprint density at radius 2 is 2.15 bits per heavy atom. The summed E-state index contributed by atoms with van der Waals surface area (Å²) in [7, 11) is 0. The van der Waals surface area contributed by atoms with Crippen LogP contribution >= 0.6 is 0 Å². The van der Waals surface area contributed by atoms with Crippen LogP contribution in [0.4, 0.5) is 0 Å². The van der Waals surface area contributed by atoms with E-state index in [0.717, 1.165) is 49.2 Å². The van der Waals surface area contributed by atoms with Crippen LogP contribution in [0.5, 0.6) is 0 Å². The second-order valence-electron chi connectivity index (χ2n) is 6.89. The summed E-state index contributed by atoms with van der Waals surface area (Å²) in [4.78, 5) is 15.3. The highest BCUT2D eigenvalue weighted by molar-refractivity contribution is 5.74. The molecule has 0 aliphatic heterocycles. The number of aromatic nitrogens is 3. The third-order valence-corrected chi connectivity index (χ3v) is 5.13. The van der Waals surface area contributed by atoms with Crippen molar-refractivity contribution in [2.24, 2.45) is 0 Å². The molecule has 1 unspecified atom stereocenters. The summed E-state index contributed by atoms with van der Waals surface area (Å²) < 4.78 is 0. The molecule has 3 aromatic rings. The number of aryl methyl sites for hydroxylation is 1. The number of nitrogens with one attached hydrogen (secondary N) is 1. The van der Waals surface area contributed by atoms with Crippen LogP contribution in [0, 0.1) is 11.3 Å². The molecule has 0 saturated carbocycles. The third-order valence-electron chi connectivity index (χ3n) is 5.13. The van der Waals surface area contributed by atoms with E-state index in [9.17, 15) is 0 Å². The number of hydrogen-bond donors (Lipinski definition) is 1. The van der Waals surface area contributed by atoms with E-state index in [2.05, 4.69) is 28.1 Å². The molecule has 4 rings (SSSR count). The largest absolute Gasteiger partial charge is 0.341 e. The van der Waals surface area contributed by atoms with Crippen LogP contribution in [0.3, 0.4) is 0 Å². The van der Waals surface area contributed by atoms with Crippen LogP contribution in [0.2, 0.25) is 0 Å². The molecule has 0 saturated heterocycles. The molecule has 0 amide bonds. The molecular weight excluding hydrogens is 322 g/mol. The van der Waals surface area contributed by atoms with Crippen LogP contribution in [0.1, 0.15) is 48.8 Å². The molecule has 26 heavy (non-hydrogen) atoms. The van der Waals surface area contributed by atoms with Gasteiger partial charge in [-0.3, -0.25) is 9.88 Å². The average molecular weight is 345 g/mol. The molecule has 0 radical (unpaired) electrons. The number of fused-ring (bicyclic) bond motifs is 2. The Labute approximate surface area is 153 Å². The Morgan fingerprint density at radius 3 is 3.04 bits per heavy atom. The predicted molar refractivity (Wildman–Crippen MR) is 101 cm³/mol. The van der Waals surface area contributed by atoms with Crippen LogP contribution in [0.15, 0.2) is 42.6 Å². The minimum atomic E-state index is 0.298. The standard InChI is InChI=1S/C21H23N5/c22-12-3-4-14-26(15-20-24-17-9-1-2-10-18(17)25-20)19-11-5-7-16-8-6-13-23-21(16)19/h1-2,6,8-10,13,19H,3-5,7,11,14-15H2,(H,24,25). The first-order chi connectivity index (χ1) is 12.8. The van der Waals surface area contributed by atoms with E-state index in [-0.39, 0.29) is 0 Å². The molecule has 132 valence electrons. The fraction of sp³-hybridized carbons (Fsp3) is 0.381.